The smallest absolute Gasteiger partial charge is 0.370 e. The quantitative estimate of drug-likeness (QED) is 0.812. The summed E-state index contributed by atoms with van der Waals surface area (Å²) < 4.78 is 40.6. The third-order valence-electron chi connectivity index (χ3n) is 6.02. The number of nitrogens with zero attached hydrogens (tertiary/aromatic N) is 3. The lowest BCUT2D eigenvalue weighted by atomic mass is 9.90. The Hall–Kier alpha value is -2.02. The highest BCUT2D eigenvalue weighted by atomic mass is 19.4. The molecule has 4 nitrogen and oxygen atoms in total. The van der Waals surface area contributed by atoms with Crippen LogP contribution in [0.25, 0.3) is 5.69 Å². The standard InChI is InChI=1S/C21H27F3N4/c1-2-27-13-10-15(11-14-27)19-18-5-3-4-12-25-20(18)28(26-19)17-8-6-16(7-9-17)21(22,23)24/h6-9,15,25H,2-5,10-14H2,1H3. The molecule has 1 aromatic heterocycles. The fourth-order valence-corrected chi connectivity index (χ4v) is 4.36. The van der Waals surface area contributed by atoms with E-state index >= 15 is 0 Å². The van der Waals surface area contributed by atoms with Crippen molar-refractivity contribution in [2.75, 3.05) is 31.5 Å². The van der Waals surface area contributed by atoms with Gasteiger partial charge in [-0.05, 0) is 76.0 Å². The van der Waals surface area contributed by atoms with E-state index in [4.69, 9.17) is 5.10 Å². The Balaban J connectivity index is 1.69. The van der Waals surface area contributed by atoms with Gasteiger partial charge >= 0.3 is 6.18 Å². The topological polar surface area (TPSA) is 33.1 Å². The monoisotopic (exact) mass is 392 g/mol. The van der Waals surface area contributed by atoms with Gasteiger partial charge in [0.05, 0.1) is 16.9 Å². The van der Waals surface area contributed by atoms with E-state index < -0.39 is 11.7 Å². The molecule has 0 aliphatic carbocycles. The van der Waals surface area contributed by atoms with Gasteiger partial charge < -0.3 is 10.2 Å². The van der Waals surface area contributed by atoms with E-state index in [0.29, 0.717) is 11.6 Å². The van der Waals surface area contributed by atoms with Crippen LogP contribution < -0.4 is 5.32 Å². The van der Waals surface area contributed by atoms with Crippen LogP contribution in [0.1, 0.15) is 55.3 Å². The molecule has 4 rings (SSSR count). The van der Waals surface area contributed by atoms with E-state index in [0.717, 1.165) is 81.9 Å². The average molecular weight is 392 g/mol. The summed E-state index contributed by atoms with van der Waals surface area (Å²) in [7, 11) is 0. The minimum absolute atomic E-state index is 0.423. The minimum Gasteiger partial charge on any atom is -0.370 e. The largest absolute Gasteiger partial charge is 0.416 e. The maximum Gasteiger partial charge on any atom is 0.416 e. The van der Waals surface area contributed by atoms with Crippen LogP contribution in [0.4, 0.5) is 19.0 Å². The molecule has 152 valence electrons. The van der Waals surface area contributed by atoms with Gasteiger partial charge in [-0.1, -0.05) is 6.92 Å². The molecular formula is C21H27F3N4. The zero-order valence-electron chi connectivity index (χ0n) is 16.2. The Labute approximate surface area is 163 Å². The molecule has 3 heterocycles. The highest BCUT2D eigenvalue weighted by Crippen LogP contribution is 2.37. The van der Waals surface area contributed by atoms with Crippen LogP contribution in [0.5, 0.6) is 0 Å². The van der Waals surface area contributed by atoms with E-state index in [-0.39, 0.29) is 0 Å². The van der Waals surface area contributed by atoms with Gasteiger partial charge in [0.25, 0.3) is 0 Å². The van der Waals surface area contributed by atoms with E-state index in [1.807, 2.05) is 4.68 Å². The summed E-state index contributed by atoms with van der Waals surface area (Å²) in [5, 5.41) is 8.41. The van der Waals surface area contributed by atoms with Crippen molar-refractivity contribution in [1.29, 1.82) is 0 Å². The van der Waals surface area contributed by atoms with Crippen molar-refractivity contribution in [1.82, 2.24) is 14.7 Å². The molecule has 2 aliphatic heterocycles. The Morgan fingerprint density at radius 2 is 1.82 bits per heavy atom. The summed E-state index contributed by atoms with van der Waals surface area (Å²) in [6.07, 6.45) is 1.03. The van der Waals surface area contributed by atoms with Crippen LogP contribution >= 0.6 is 0 Å². The average Bonchev–Trinajstić information content (AvgIpc) is 2.88. The Bertz CT molecular complexity index is 802. The van der Waals surface area contributed by atoms with Crippen LogP contribution in [-0.4, -0.2) is 40.9 Å². The second kappa shape index (κ2) is 7.78. The second-order valence-electron chi connectivity index (χ2n) is 7.76. The van der Waals surface area contributed by atoms with E-state index in [2.05, 4.69) is 17.1 Å². The maximum absolute atomic E-state index is 12.9. The van der Waals surface area contributed by atoms with Gasteiger partial charge in [0.2, 0.25) is 0 Å². The molecule has 1 aromatic carbocycles. The zero-order valence-corrected chi connectivity index (χ0v) is 16.2. The van der Waals surface area contributed by atoms with Gasteiger partial charge in [-0.3, -0.25) is 0 Å². The molecule has 0 spiro atoms. The summed E-state index contributed by atoms with van der Waals surface area (Å²) in [4.78, 5) is 2.46. The second-order valence-corrected chi connectivity index (χ2v) is 7.76. The highest BCUT2D eigenvalue weighted by Gasteiger charge is 2.31. The number of hydrogen-bond donors (Lipinski definition) is 1. The molecule has 2 aliphatic rings. The first-order valence-corrected chi connectivity index (χ1v) is 10.2. The number of fused-ring (bicyclic) bond motifs is 1. The van der Waals surface area contributed by atoms with Gasteiger partial charge in [0, 0.05) is 18.0 Å². The van der Waals surface area contributed by atoms with Gasteiger partial charge in [-0.15, -0.1) is 0 Å². The fourth-order valence-electron chi connectivity index (χ4n) is 4.36. The number of rotatable bonds is 3. The number of aromatic nitrogens is 2. The van der Waals surface area contributed by atoms with Gasteiger partial charge in [0.1, 0.15) is 5.82 Å². The van der Waals surface area contributed by atoms with Crippen molar-refractivity contribution in [3.05, 3.63) is 41.1 Å². The minimum atomic E-state index is -4.32. The Morgan fingerprint density at radius 3 is 2.46 bits per heavy atom. The number of piperidine rings is 1. The maximum atomic E-state index is 12.9. The predicted molar refractivity (Wildman–Crippen MR) is 104 cm³/mol. The van der Waals surface area contributed by atoms with Gasteiger partial charge in [0.15, 0.2) is 0 Å². The molecule has 0 atom stereocenters. The molecule has 1 fully saturated rings. The fraction of sp³-hybridized carbons (Fsp3) is 0.571. The van der Waals surface area contributed by atoms with Crippen LogP contribution in [-0.2, 0) is 12.6 Å². The molecule has 0 saturated carbocycles. The lowest BCUT2D eigenvalue weighted by Gasteiger charge is -2.30. The predicted octanol–water partition coefficient (Wildman–Crippen LogP) is 4.84. The van der Waals surface area contributed by atoms with Crippen LogP contribution in [0, 0.1) is 0 Å². The lowest BCUT2D eigenvalue weighted by Crippen LogP contribution is -2.33. The van der Waals surface area contributed by atoms with Crippen molar-refractivity contribution in [3.63, 3.8) is 0 Å². The number of halogens is 3. The number of nitrogens with one attached hydrogen (secondary N) is 1. The van der Waals surface area contributed by atoms with Crippen molar-refractivity contribution < 1.29 is 13.2 Å². The molecule has 7 heteroatoms. The summed E-state index contributed by atoms with van der Waals surface area (Å²) in [5.74, 6) is 1.39. The molecule has 0 radical (unpaired) electrons. The SMILES string of the molecule is CCN1CCC(c2nn(-c3ccc(C(F)(F)F)cc3)c3c2CCCCN3)CC1. The third kappa shape index (κ3) is 3.77. The van der Waals surface area contributed by atoms with Gasteiger partial charge in [-0.2, -0.15) is 18.3 Å². The Morgan fingerprint density at radius 1 is 1.11 bits per heavy atom. The van der Waals surface area contributed by atoms with E-state index in [9.17, 15) is 13.2 Å². The molecule has 28 heavy (non-hydrogen) atoms. The number of anilines is 1. The van der Waals surface area contributed by atoms with Crippen molar-refractivity contribution in [3.8, 4) is 5.69 Å². The number of alkyl halides is 3. The van der Waals surface area contributed by atoms with Crippen molar-refractivity contribution in [2.45, 2.75) is 51.1 Å². The van der Waals surface area contributed by atoms with E-state index in [1.165, 1.54) is 17.7 Å². The van der Waals surface area contributed by atoms with Crippen LogP contribution in [0.15, 0.2) is 24.3 Å². The third-order valence-corrected chi connectivity index (χ3v) is 6.02. The normalized spacial score (nSPS) is 19.1. The van der Waals surface area contributed by atoms with Crippen LogP contribution in [0.3, 0.4) is 0 Å². The lowest BCUT2D eigenvalue weighted by molar-refractivity contribution is -0.137. The number of hydrogen-bond acceptors (Lipinski definition) is 3. The molecule has 2 aromatic rings. The molecular weight excluding hydrogens is 365 g/mol. The summed E-state index contributed by atoms with van der Waals surface area (Å²) in [5.41, 5.74) is 2.44. The number of likely N-dealkylation sites (tertiary alicyclic amines) is 1. The molecule has 1 saturated heterocycles. The first kappa shape index (κ1) is 19.3. The molecule has 1 N–H and O–H groups in total. The summed E-state index contributed by atoms with van der Waals surface area (Å²) in [6.45, 7) is 6.29. The first-order valence-electron chi connectivity index (χ1n) is 10.2. The highest BCUT2D eigenvalue weighted by molar-refractivity contribution is 5.55. The molecule has 0 amide bonds. The molecule has 0 bridgehead atoms. The van der Waals surface area contributed by atoms with Gasteiger partial charge in [-0.25, -0.2) is 4.68 Å². The van der Waals surface area contributed by atoms with Crippen LogP contribution in [0.2, 0.25) is 0 Å². The zero-order chi connectivity index (χ0) is 19.7. The Kier molecular flexibility index (Phi) is 5.36. The summed E-state index contributed by atoms with van der Waals surface area (Å²) in [6, 6.07) is 5.32. The van der Waals surface area contributed by atoms with E-state index in [1.54, 1.807) is 0 Å². The first-order chi connectivity index (χ1) is 13.5. The molecule has 0 unspecified atom stereocenters. The van der Waals surface area contributed by atoms with Crippen molar-refractivity contribution >= 4 is 5.82 Å². The summed E-state index contributed by atoms with van der Waals surface area (Å²) >= 11 is 0. The van der Waals surface area contributed by atoms with Crippen molar-refractivity contribution in [2.24, 2.45) is 0 Å². The number of benzene rings is 1.